The predicted molar refractivity (Wildman–Crippen MR) is 41.5 cm³/mol. The van der Waals surface area contributed by atoms with E-state index >= 15 is 0 Å². The van der Waals surface area contributed by atoms with E-state index in [1.54, 1.807) is 0 Å². The second kappa shape index (κ2) is 11.4. The first-order valence-electron chi connectivity index (χ1n) is 1.82. The Labute approximate surface area is 65.4 Å². The zero-order valence-electron chi connectivity index (χ0n) is 5.20. The van der Waals surface area contributed by atoms with Crippen LogP contribution < -0.4 is 0 Å². The van der Waals surface area contributed by atoms with Crippen LogP contribution in [0.25, 0.3) is 0 Å². The highest BCUT2D eigenvalue weighted by atomic mass is 35.5. The summed E-state index contributed by atoms with van der Waals surface area (Å²) in [4.78, 5) is 0. The summed E-state index contributed by atoms with van der Waals surface area (Å²) >= 11 is 4.76. The van der Waals surface area contributed by atoms with Crippen molar-refractivity contribution in [3.63, 3.8) is 0 Å². The summed E-state index contributed by atoms with van der Waals surface area (Å²) < 4.78 is 31.6. The number of hydrogen-bond donors (Lipinski definition) is 2. The van der Waals surface area contributed by atoms with E-state index < -0.39 is 10.4 Å². The van der Waals surface area contributed by atoms with Gasteiger partial charge in [-0.1, -0.05) is 18.2 Å². The molecular weight excluding hydrogens is 180 g/mol. The molecule has 0 aromatic carbocycles. The van der Waals surface area contributed by atoms with Gasteiger partial charge in [0.15, 0.2) is 0 Å². The number of hydrogen-bond acceptors (Lipinski definition) is 2. The summed E-state index contributed by atoms with van der Waals surface area (Å²) in [5, 5.41) is 0. The van der Waals surface area contributed by atoms with E-state index in [0.717, 1.165) is 0 Å². The maximum Gasteiger partial charge on any atom is 0.394 e. The van der Waals surface area contributed by atoms with Crippen LogP contribution in [0.5, 0.6) is 0 Å². The molecule has 0 heterocycles. The highest BCUT2D eigenvalue weighted by Crippen LogP contribution is 1.60. The third-order valence-corrected chi connectivity index (χ3v) is 0. The normalized spacial score (nSPS) is 7.50. The quantitative estimate of drug-likeness (QED) is 0.447. The van der Waals surface area contributed by atoms with Crippen LogP contribution in [0.4, 0.5) is 0 Å². The minimum absolute atomic E-state index is 1.22. The van der Waals surface area contributed by atoms with Crippen molar-refractivity contribution >= 4 is 22.0 Å². The SMILES string of the molecule is C=C.C=CCl.O=S(=O)(O)O. The average molecular weight is 189 g/mol. The Morgan fingerprint density at radius 1 is 1.30 bits per heavy atom. The first-order chi connectivity index (χ1) is 4.41. The van der Waals surface area contributed by atoms with Gasteiger partial charge in [-0.25, -0.2) is 0 Å². The summed E-state index contributed by atoms with van der Waals surface area (Å²) in [5.74, 6) is 0. The highest BCUT2D eigenvalue weighted by Gasteiger charge is 1.84. The van der Waals surface area contributed by atoms with Crippen LogP contribution in [-0.2, 0) is 10.4 Å². The smallest absolute Gasteiger partial charge is 0.264 e. The Bertz CT molecular complexity index is 143. The van der Waals surface area contributed by atoms with Gasteiger partial charge in [0.2, 0.25) is 0 Å². The molecule has 0 aromatic heterocycles. The maximum atomic E-state index is 8.74. The molecule has 4 nitrogen and oxygen atoms in total. The lowest BCUT2D eigenvalue weighted by Crippen LogP contribution is -1.89. The third kappa shape index (κ3) is 2600. The van der Waals surface area contributed by atoms with Gasteiger partial charge in [0, 0.05) is 0 Å². The molecule has 0 aliphatic carbocycles. The van der Waals surface area contributed by atoms with Crippen molar-refractivity contribution in [2.45, 2.75) is 0 Å². The van der Waals surface area contributed by atoms with Crippen LogP contribution in [0.2, 0.25) is 0 Å². The number of halogens is 1. The second-order valence-electron chi connectivity index (χ2n) is 0.602. The molecule has 0 saturated heterocycles. The molecule has 0 bridgehead atoms. The molecule has 0 radical (unpaired) electrons. The number of rotatable bonds is 0. The maximum absolute atomic E-state index is 8.74. The van der Waals surface area contributed by atoms with Crippen molar-refractivity contribution in [2.24, 2.45) is 0 Å². The van der Waals surface area contributed by atoms with Crippen molar-refractivity contribution in [1.82, 2.24) is 0 Å². The van der Waals surface area contributed by atoms with E-state index in [1.807, 2.05) is 0 Å². The second-order valence-corrected chi connectivity index (χ2v) is 1.81. The summed E-state index contributed by atoms with van der Waals surface area (Å²) in [6.07, 6.45) is 0. The lowest BCUT2D eigenvalue weighted by molar-refractivity contribution is 0.381. The first-order valence-corrected chi connectivity index (χ1v) is 3.66. The van der Waals surface area contributed by atoms with E-state index in [-0.39, 0.29) is 0 Å². The summed E-state index contributed by atoms with van der Waals surface area (Å²) in [6, 6.07) is 0. The van der Waals surface area contributed by atoms with Gasteiger partial charge in [-0.05, 0) is 5.54 Å². The predicted octanol–water partition coefficient (Wildman–Crippen LogP) is 1.52. The van der Waals surface area contributed by atoms with Gasteiger partial charge in [0.25, 0.3) is 0 Å². The van der Waals surface area contributed by atoms with E-state index in [0.29, 0.717) is 0 Å². The molecule has 0 spiro atoms. The fourth-order valence-corrected chi connectivity index (χ4v) is 0. The van der Waals surface area contributed by atoms with E-state index in [2.05, 4.69) is 19.7 Å². The van der Waals surface area contributed by atoms with Crippen molar-refractivity contribution < 1.29 is 17.5 Å². The first kappa shape index (κ1) is 16.3. The Morgan fingerprint density at radius 3 is 1.30 bits per heavy atom. The lowest BCUT2D eigenvalue weighted by Gasteiger charge is -1.68. The van der Waals surface area contributed by atoms with Crippen LogP contribution in [-0.4, -0.2) is 17.5 Å². The van der Waals surface area contributed by atoms with E-state index in [4.69, 9.17) is 29.1 Å². The van der Waals surface area contributed by atoms with Crippen LogP contribution in [0, 0.1) is 0 Å². The highest BCUT2D eigenvalue weighted by molar-refractivity contribution is 7.79. The van der Waals surface area contributed by atoms with Gasteiger partial charge in [-0.15, -0.1) is 13.2 Å². The fraction of sp³-hybridized carbons (Fsp3) is 0. The molecule has 0 aliphatic heterocycles. The summed E-state index contributed by atoms with van der Waals surface area (Å²) in [5.41, 5.74) is 1.22. The topological polar surface area (TPSA) is 74.6 Å². The molecular formula is C4H9ClO4S. The molecule has 0 aromatic rings. The molecule has 0 amide bonds. The minimum Gasteiger partial charge on any atom is -0.264 e. The Kier molecular flexibility index (Phi) is 18.7. The summed E-state index contributed by atoms with van der Waals surface area (Å²) in [6.45, 7) is 9.13. The fourth-order valence-electron chi connectivity index (χ4n) is 0. The molecule has 0 rings (SSSR count). The van der Waals surface area contributed by atoms with Crippen LogP contribution in [0.1, 0.15) is 0 Å². The molecule has 0 saturated carbocycles. The molecule has 0 unspecified atom stereocenters. The van der Waals surface area contributed by atoms with Gasteiger partial charge in [-0.2, -0.15) is 8.42 Å². The Hall–Kier alpha value is -0.360. The third-order valence-electron chi connectivity index (χ3n) is 0. The molecule has 0 atom stereocenters. The van der Waals surface area contributed by atoms with Crippen molar-refractivity contribution in [2.75, 3.05) is 0 Å². The zero-order chi connectivity index (χ0) is 9.21. The monoisotopic (exact) mass is 188 g/mol. The van der Waals surface area contributed by atoms with E-state index in [9.17, 15) is 0 Å². The molecule has 0 aliphatic rings. The Morgan fingerprint density at radius 2 is 1.30 bits per heavy atom. The standard InChI is InChI=1S/C2H3Cl.C2H4.H2O4S/c1-2-3;1-2;1-5(2,3)4/h2H,1H2;1-2H2;(H2,1,2,3,4). The molecule has 0 fully saturated rings. The van der Waals surface area contributed by atoms with Crippen LogP contribution >= 0.6 is 11.6 Å². The van der Waals surface area contributed by atoms with Gasteiger partial charge < -0.3 is 0 Å². The molecule has 10 heavy (non-hydrogen) atoms. The van der Waals surface area contributed by atoms with Crippen molar-refractivity contribution in [3.8, 4) is 0 Å². The summed E-state index contributed by atoms with van der Waals surface area (Å²) in [7, 11) is -4.67. The minimum atomic E-state index is -4.67. The van der Waals surface area contributed by atoms with Crippen molar-refractivity contribution in [3.05, 3.63) is 25.3 Å². The van der Waals surface area contributed by atoms with Crippen LogP contribution in [0.15, 0.2) is 25.3 Å². The van der Waals surface area contributed by atoms with E-state index in [1.165, 1.54) is 5.54 Å². The molecule has 6 heteroatoms. The largest absolute Gasteiger partial charge is 0.394 e. The zero-order valence-corrected chi connectivity index (χ0v) is 6.77. The molecule has 62 valence electrons. The Balaban J connectivity index is -0.0000000847. The average Bonchev–Trinajstić information content (AvgIpc) is 1.68. The van der Waals surface area contributed by atoms with Crippen LogP contribution in [0.3, 0.4) is 0 Å². The van der Waals surface area contributed by atoms with Crippen molar-refractivity contribution in [1.29, 1.82) is 0 Å². The lowest BCUT2D eigenvalue weighted by atomic mass is 11.3. The van der Waals surface area contributed by atoms with Gasteiger partial charge >= 0.3 is 10.4 Å². The molecule has 2 N–H and O–H groups in total. The van der Waals surface area contributed by atoms with Gasteiger partial charge in [0.1, 0.15) is 0 Å². The van der Waals surface area contributed by atoms with Gasteiger partial charge in [-0.3, -0.25) is 9.11 Å². The van der Waals surface area contributed by atoms with Gasteiger partial charge in [0.05, 0.1) is 0 Å².